The van der Waals surface area contributed by atoms with Crippen LogP contribution in [0.2, 0.25) is 0 Å². The van der Waals surface area contributed by atoms with E-state index in [1.807, 2.05) is 36.4 Å². The van der Waals surface area contributed by atoms with Crippen LogP contribution in [-0.4, -0.2) is 58.2 Å². The molecule has 1 aromatic heterocycles. The molecule has 2 amide bonds. The molecule has 6 nitrogen and oxygen atoms in total. The molecule has 3 aromatic rings. The van der Waals surface area contributed by atoms with Crippen LogP contribution in [0, 0.1) is 0 Å². The van der Waals surface area contributed by atoms with Crippen molar-refractivity contribution < 1.29 is 9.90 Å². The maximum absolute atomic E-state index is 12.7. The Bertz CT molecular complexity index is 915. The Balaban J connectivity index is 1.40. The molecule has 1 atom stereocenters. The minimum Gasteiger partial charge on any atom is -0.394 e. The Kier molecular flexibility index (Phi) is 5.33. The van der Waals surface area contributed by atoms with Crippen molar-refractivity contribution in [2.45, 2.75) is 12.6 Å². The average molecular weight is 382 g/mol. The predicted molar refractivity (Wildman–Crippen MR) is 108 cm³/mol. The summed E-state index contributed by atoms with van der Waals surface area (Å²) in [5.41, 5.74) is 4.72. The zero-order valence-corrected chi connectivity index (χ0v) is 15.7. The number of aliphatic hydroxyl groups is 1. The summed E-state index contributed by atoms with van der Waals surface area (Å²) in [5, 5.41) is 12.8. The quantitative estimate of drug-likeness (QED) is 0.728. The van der Waals surface area contributed by atoms with Gasteiger partial charge in [0.15, 0.2) is 0 Å². The number of fused-ring (bicyclic) bond motifs is 1. The summed E-state index contributed by atoms with van der Waals surface area (Å²) in [7, 11) is 0. The van der Waals surface area contributed by atoms with Crippen LogP contribution >= 0.6 is 11.3 Å². The van der Waals surface area contributed by atoms with Gasteiger partial charge in [-0.05, 0) is 23.8 Å². The van der Waals surface area contributed by atoms with Crippen LogP contribution in [0.5, 0.6) is 0 Å². The van der Waals surface area contributed by atoms with E-state index in [-0.39, 0.29) is 18.7 Å². The van der Waals surface area contributed by atoms with Gasteiger partial charge in [0, 0.05) is 31.9 Å². The minimum atomic E-state index is -0.213. The first-order valence-electron chi connectivity index (χ1n) is 9.01. The fourth-order valence-corrected chi connectivity index (χ4v) is 4.17. The summed E-state index contributed by atoms with van der Waals surface area (Å²) in [4.78, 5) is 21.0. The lowest BCUT2D eigenvalue weighted by molar-refractivity contribution is 0.0623. The number of nitrogens with zero attached hydrogens (tertiary/aromatic N) is 3. The van der Waals surface area contributed by atoms with Gasteiger partial charge in [0.25, 0.3) is 0 Å². The molecule has 0 spiro atoms. The number of anilines is 1. The molecule has 1 aliphatic rings. The number of hydrogen-bond acceptors (Lipinski definition) is 5. The molecule has 0 unspecified atom stereocenters. The monoisotopic (exact) mass is 382 g/mol. The number of benzene rings is 2. The summed E-state index contributed by atoms with van der Waals surface area (Å²) in [6.07, 6.45) is 0. The molecule has 7 heteroatoms. The number of thiazole rings is 1. The van der Waals surface area contributed by atoms with E-state index in [4.69, 9.17) is 0 Å². The topological polar surface area (TPSA) is 68.7 Å². The highest BCUT2D eigenvalue weighted by Gasteiger charge is 2.30. The number of rotatable bonds is 4. The van der Waals surface area contributed by atoms with Gasteiger partial charge >= 0.3 is 6.03 Å². The average Bonchev–Trinajstić information content (AvgIpc) is 3.16. The van der Waals surface area contributed by atoms with E-state index in [2.05, 4.69) is 27.3 Å². The van der Waals surface area contributed by atoms with Crippen LogP contribution < -0.4 is 5.32 Å². The SMILES string of the molecule is O=C(Nc1ccc2ncsc2c1)N1CCN(Cc2ccccc2)C[C@H]1CO. The Morgan fingerprint density at radius 1 is 1.22 bits per heavy atom. The third-order valence-corrected chi connectivity index (χ3v) is 5.66. The van der Waals surface area contributed by atoms with Gasteiger partial charge < -0.3 is 15.3 Å². The molecule has 4 rings (SSSR count). The summed E-state index contributed by atoms with van der Waals surface area (Å²) in [6, 6.07) is 15.6. The molecule has 1 saturated heterocycles. The van der Waals surface area contributed by atoms with Crippen LogP contribution in [-0.2, 0) is 6.54 Å². The van der Waals surface area contributed by atoms with Crippen molar-refractivity contribution in [2.75, 3.05) is 31.6 Å². The third-order valence-electron chi connectivity index (χ3n) is 4.87. The van der Waals surface area contributed by atoms with Gasteiger partial charge in [0.2, 0.25) is 0 Å². The minimum absolute atomic E-state index is 0.0490. The summed E-state index contributed by atoms with van der Waals surface area (Å²) in [6.45, 7) is 2.81. The predicted octanol–water partition coefficient (Wildman–Crippen LogP) is 3.01. The number of amides is 2. The van der Waals surface area contributed by atoms with Crippen molar-refractivity contribution in [3.05, 3.63) is 59.6 Å². The fourth-order valence-electron chi connectivity index (χ4n) is 3.46. The molecular formula is C20H22N4O2S. The second kappa shape index (κ2) is 8.04. The van der Waals surface area contributed by atoms with Crippen LogP contribution in [0.4, 0.5) is 10.5 Å². The van der Waals surface area contributed by atoms with E-state index in [1.165, 1.54) is 5.56 Å². The number of carbonyl (C=O) groups excluding carboxylic acids is 1. The Labute approximate surface area is 162 Å². The van der Waals surface area contributed by atoms with E-state index >= 15 is 0 Å². The summed E-state index contributed by atoms with van der Waals surface area (Å²) < 4.78 is 1.04. The van der Waals surface area contributed by atoms with Gasteiger partial charge in [-0.2, -0.15) is 0 Å². The van der Waals surface area contributed by atoms with Gasteiger partial charge in [0.1, 0.15) is 0 Å². The van der Waals surface area contributed by atoms with Crippen molar-refractivity contribution in [1.82, 2.24) is 14.8 Å². The molecule has 27 heavy (non-hydrogen) atoms. The summed E-state index contributed by atoms with van der Waals surface area (Å²) >= 11 is 1.55. The molecule has 0 radical (unpaired) electrons. The summed E-state index contributed by atoms with van der Waals surface area (Å²) in [5.74, 6) is 0. The molecule has 1 fully saturated rings. The fraction of sp³-hybridized carbons (Fsp3) is 0.300. The van der Waals surface area contributed by atoms with Crippen molar-refractivity contribution >= 4 is 33.3 Å². The van der Waals surface area contributed by atoms with Crippen LogP contribution in [0.25, 0.3) is 10.2 Å². The number of hydrogen-bond donors (Lipinski definition) is 2. The maximum Gasteiger partial charge on any atom is 0.322 e. The van der Waals surface area contributed by atoms with Crippen molar-refractivity contribution in [3.63, 3.8) is 0 Å². The zero-order valence-electron chi connectivity index (χ0n) is 14.9. The van der Waals surface area contributed by atoms with Gasteiger partial charge in [-0.15, -0.1) is 11.3 Å². The number of urea groups is 1. The Morgan fingerprint density at radius 3 is 2.89 bits per heavy atom. The molecule has 1 aliphatic heterocycles. The normalized spacial score (nSPS) is 18.0. The van der Waals surface area contributed by atoms with E-state index in [9.17, 15) is 9.90 Å². The largest absolute Gasteiger partial charge is 0.394 e. The second-order valence-electron chi connectivity index (χ2n) is 6.72. The Hall–Kier alpha value is -2.48. The van der Waals surface area contributed by atoms with E-state index in [1.54, 1.807) is 21.7 Å². The smallest absolute Gasteiger partial charge is 0.322 e. The molecule has 0 saturated carbocycles. The van der Waals surface area contributed by atoms with E-state index in [0.29, 0.717) is 13.1 Å². The van der Waals surface area contributed by atoms with Crippen molar-refractivity contribution in [1.29, 1.82) is 0 Å². The highest BCUT2D eigenvalue weighted by molar-refractivity contribution is 7.16. The lowest BCUT2D eigenvalue weighted by atomic mass is 10.1. The van der Waals surface area contributed by atoms with Crippen LogP contribution in [0.3, 0.4) is 0 Å². The molecule has 2 aromatic carbocycles. The standard InChI is InChI=1S/C20H22N4O2S/c25-13-17-12-23(11-15-4-2-1-3-5-15)8-9-24(17)20(26)22-16-6-7-18-19(10-16)27-14-21-18/h1-7,10,14,17,25H,8-9,11-13H2,(H,22,26)/t17-/m0/s1. The van der Waals surface area contributed by atoms with Crippen molar-refractivity contribution in [3.8, 4) is 0 Å². The number of nitrogens with one attached hydrogen (secondary N) is 1. The third kappa shape index (κ3) is 4.10. The first kappa shape index (κ1) is 17.9. The van der Waals surface area contributed by atoms with Crippen LogP contribution in [0.1, 0.15) is 5.56 Å². The van der Waals surface area contributed by atoms with Crippen LogP contribution in [0.15, 0.2) is 54.0 Å². The highest BCUT2D eigenvalue weighted by Crippen LogP contribution is 2.22. The highest BCUT2D eigenvalue weighted by atomic mass is 32.1. The molecule has 140 valence electrons. The van der Waals surface area contributed by atoms with E-state index < -0.39 is 0 Å². The van der Waals surface area contributed by atoms with Gasteiger partial charge in [0.05, 0.1) is 28.4 Å². The maximum atomic E-state index is 12.7. The van der Waals surface area contributed by atoms with Gasteiger partial charge in [-0.3, -0.25) is 4.90 Å². The lowest BCUT2D eigenvalue weighted by Gasteiger charge is -2.40. The van der Waals surface area contributed by atoms with Gasteiger partial charge in [-0.25, -0.2) is 9.78 Å². The number of aliphatic hydroxyl groups excluding tert-OH is 1. The van der Waals surface area contributed by atoms with Crippen molar-refractivity contribution in [2.24, 2.45) is 0 Å². The first-order chi connectivity index (χ1) is 13.2. The first-order valence-corrected chi connectivity index (χ1v) is 9.89. The number of piperazine rings is 1. The number of aromatic nitrogens is 1. The molecule has 0 aliphatic carbocycles. The molecule has 2 heterocycles. The van der Waals surface area contributed by atoms with Gasteiger partial charge in [-0.1, -0.05) is 30.3 Å². The number of carbonyl (C=O) groups is 1. The molecule has 2 N–H and O–H groups in total. The molecular weight excluding hydrogens is 360 g/mol. The molecule has 0 bridgehead atoms. The second-order valence-corrected chi connectivity index (χ2v) is 7.60. The Morgan fingerprint density at radius 2 is 2.07 bits per heavy atom. The lowest BCUT2D eigenvalue weighted by Crippen LogP contribution is -2.57. The van der Waals surface area contributed by atoms with E-state index in [0.717, 1.165) is 29.0 Å². The zero-order chi connectivity index (χ0) is 18.6.